The third-order valence-corrected chi connectivity index (χ3v) is 4.36. The number of piperidine rings is 1. The van der Waals surface area contributed by atoms with Crippen LogP contribution in [0.25, 0.3) is 0 Å². The molecule has 1 fully saturated rings. The molecule has 2 amide bonds. The third kappa shape index (κ3) is 4.98. The second kappa shape index (κ2) is 8.71. The highest BCUT2D eigenvalue weighted by molar-refractivity contribution is 6.30. The third-order valence-electron chi connectivity index (χ3n) is 4.11. The molecule has 0 radical (unpaired) electrons. The van der Waals surface area contributed by atoms with E-state index in [2.05, 4.69) is 15.3 Å². The standard InChI is InChI=1S/C18H21ClN4O3/c1-25-16-10-20-11-17(22-16)26-15-3-2-8-23(12-15)18(24)21-9-13-4-6-14(19)7-5-13/h4-7,10-11,15H,2-3,8-9,12H2,1H3,(H,21,24). The van der Waals surface area contributed by atoms with E-state index in [1.54, 1.807) is 11.1 Å². The second-order valence-electron chi connectivity index (χ2n) is 6.01. The highest BCUT2D eigenvalue weighted by atomic mass is 35.5. The highest BCUT2D eigenvalue weighted by Crippen LogP contribution is 2.18. The first-order valence-electron chi connectivity index (χ1n) is 8.44. The van der Waals surface area contributed by atoms with Crippen LogP contribution in [0.3, 0.4) is 0 Å². The molecule has 2 heterocycles. The minimum atomic E-state index is -0.119. The molecule has 0 bridgehead atoms. The van der Waals surface area contributed by atoms with Crippen molar-refractivity contribution in [2.75, 3.05) is 20.2 Å². The lowest BCUT2D eigenvalue weighted by Crippen LogP contribution is -2.48. The number of aromatic nitrogens is 2. The Morgan fingerprint density at radius 1 is 1.31 bits per heavy atom. The summed E-state index contributed by atoms with van der Waals surface area (Å²) in [5.74, 6) is 0.800. The predicted molar refractivity (Wildman–Crippen MR) is 97.5 cm³/mol. The number of likely N-dealkylation sites (tertiary alicyclic amines) is 1. The molecule has 1 aromatic heterocycles. The van der Waals surface area contributed by atoms with Gasteiger partial charge in [0.15, 0.2) is 0 Å². The van der Waals surface area contributed by atoms with Crippen molar-refractivity contribution in [1.29, 1.82) is 0 Å². The van der Waals surface area contributed by atoms with Crippen molar-refractivity contribution < 1.29 is 14.3 Å². The number of rotatable bonds is 5. The Labute approximate surface area is 157 Å². The van der Waals surface area contributed by atoms with Crippen molar-refractivity contribution in [2.45, 2.75) is 25.5 Å². The molecule has 1 aliphatic heterocycles. The summed E-state index contributed by atoms with van der Waals surface area (Å²) in [7, 11) is 1.53. The van der Waals surface area contributed by atoms with Gasteiger partial charge in [0.2, 0.25) is 11.8 Å². The summed E-state index contributed by atoms with van der Waals surface area (Å²) in [6.07, 6.45) is 4.68. The van der Waals surface area contributed by atoms with Crippen LogP contribution >= 0.6 is 11.6 Å². The van der Waals surface area contributed by atoms with Crippen LogP contribution in [0.4, 0.5) is 4.79 Å². The lowest BCUT2D eigenvalue weighted by Gasteiger charge is -2.32. The fraction of sp³-hybridized carbons (Fsp3) is 0.389. The normalized spacial score (nSPS) is 16.8. The van der Waals surface area contributed by atoms with Gasteiger partial charge < -0.3 is 19.7 Å². The molecule has 26 heavy (non-hydrogen) atoms. The van der Waals surface area contributed by atoms with E-state index in [4.69, 9.17) is 21.1 Å². The molecule has 1 unspecified atom stereocenters. The molecule has 138 valence electrons. The molecule has 7 nitrogen and oxygen atoms in total. The molecular weight excluding hydrogens is 356 g/mol. The van der Waals surface area contributed by atoms with Gasteiger partial charge in [-0.25, -0.2) is 4.79 Å². The Morgan fingerprint density at radius 3 is 2.85 bits per heavy atom. The number of carbonyl (C=O) groups is 1. The maximum atomic E-state index is 12.4. The topological polar surface area (TPSA) is 76.6 Å². The first kappa shape index (κ1) is 18.3. The summed E-state index contributed by atoms with van der Waals surface area (Å²) in [4.78, 5) is 22.4. The van der Waals surface area contributed by atoms with E-state index in [0.29, 0.717) is 36.4 Å². The molecule has 0 aliphatic carbocycles. The molecule has 3 rings (SSSR count). The Kier molecular flexibility index (Phi) is 6.12. The average molecular weight is 377 g/mol. The van der Waals surface area contributed by atoms with E-state index >= 15 is 0 Å². The number of hydrogen-bond donors (Lipinski definition) is 1. The minimum absolute atomic E-state index is 0.107. The molecule has 1 aliphatic rings. The van der Waals surface area contributed by atoms with E-state index in [1.165, 1.54) is 13.3 Å². The molecule has 1 N–H and O–H groups in total. The van der Waals surface area contributed by atoms with Gasteiger partial charge in [-0.15, -0.1) is 0 Å². The lowest BCUT2D eigenvalue weighted by atomic mass is 10.1. The van der Waals surface area contributed by atoms with E-state index in [-0.39, 0.29) is 12.1 Å². The number of methoxy groups -OCH3 is 1. The van der Waals surface area contributed by atoms with Crippen molar-refractivity contribution in [3.8, 4) is 11.8 Å². The molecule has 0 saturated carbocycles. The van der Waals surface area contributed by atoms with Crippen molar-refractivity contribution in [3.05, 3.63) is 47.2 Å². The van der Waals surface area contributed by atoms with Crippen LogP contribution in [0.5, 0.6) is 11.8 Å². The van der Waals surface area contributed by atoms with Crippen LogP contribution < -0.4 is 14.8 Å². The number of benzene rings is 1. The van der Waals surface area contributed by atoms with Gasteiger partial charge >= 0.3 is 6.03 Å². The maximum absolute atomic E-state index is 12.4. The highest BCUT2D eigenvalue weighted by Gasteiger charge is 2.25. The van der Waals surface area contributed by atoms with Gasteiger partial charge in [-0.05, 0) is 30.5 Å². The molecule has 0 spiro atoms. The number of amides is 2. The van der Waals surface area contributed by atoms with Gasteiger partial charge in [0.25, 0.3) is 0 Å². The first-order valence-corrected chi connectivity index (χ1v) is 8.82. The van der Waals surface area contributed by atoms with Crippen molar-refractivity contribution in [1.82, 2.24) is 20.2 Å². The van der Waals surface area contributed by atoms with Gasteiger partial charge in [-0.2, -0.15) is 4.98 Å². The van der Waals surface area contributed by atoms with Gasteiger partial charge in [-0.3, -0.25) is 4.98 Å². The fourth-order valence-electron chi connectivity index (χ4n) is 2.77. The van der Waals surface area contributed by atoms with Gasteiger partial charge in [0, 0.05) is 18.1 Å². The Balaban J connectivity index is 1.52. The zero-order valence-electron chi connectivity index (χ0n) is 14.5. The summed E-state index contributed by atoms with van der Waals surface area (Å²) in [5.41, 5.74) is 0.999. The van der Waals surface area contributed by atoms with Crippen LogP contribution in [0.15, 0.2) is 36.7 Å². The Morgan fingerprint density at radius 2 is 2.08 bits per heavy atom. The zero-order valence-corrected chi connectivity index (χ0v) is 15.3. The number of nitrogens with one attached hydrogen (secondary N) is 1. The number of halogens is 1. The summed E-state index contributed by atoms with van der Waals surface area (Å²) in [6.45, 7) is 1.67. The van der Waals surface area contributed by atoms with Gasteiger partial charge in [0.05, 0.1) is 26.0 Å². The molecule has 2 aromatic rings. The van der Waals surface area contributed by atoms with Crippen LogP contribution in [0.1, 0.15) is 18.4 Å². The summed E-state index contributed by atoms with van der Waals surface area (Å²) in [5, 5.41) is 3.61. The number of hydrogen-bond acceptors (Lipinski definition) is 5. The van der Waals surface area contributed by atoms with Gasteiger partial charge in [0.1, 0.15) is 6.10 Å². The fourth-order valence-corrected chi connectivity index (χ4v) is 2.89. The monoisotopic (exact) mass is 376 g/mol. The summed E-state index contributed by atoms with van der Waals surface area (Å²) >= 11 is 5.87. The molecule has 8 heteroatoms. The van der Waals surface area contributed by atoms with Crippen LogP contribution in [-0.2, 0) is 6.54 Å². The number of urea groups is 1. The first-order chi connectivity index (χ1) is 12.6. The van der Waals surface area contributed by atoms with Crippen molar-refractivity contribution >= 4 is 17.6 Å². The number of carbonyl (C=O) groups excluding carboxylic acids is 1. The summed E-state index contributed by atoms with van der Waals surface area (Å²) in [6, 6.07) is 7.30. The van der Waals surface area contributed by atoms with Crippen molar-refractivity contribution in [2.24, 2.45) is 0 Å². The van der Waals surface area contributed by atoms with E-state index < -0.39 is 0 Å². The molecule has 1 saturated heterocycles. The minimum Gasteiger partial charge on any atom is -0.480 e. The lowest BCUT2D eigenvalue weighted by molar-refractivity contribution is 0.0968. The summed E-state index contributed by atoms with van der Waals surface area (Å²) < 4.78 is 10.9. The predicted octanol–water partition coefficient (Wildman–Crippen LogP) is 2.89. The second-order valence-corrected chi connectivity index (χ2v) is 6.45. The number of ether oxygens (including phenoxy) is 2. The largest absolute Gasteiger partial charge is 0.480 e. The van der Waals surface area contributed by atoms with Crippen LogP contribution in [0.2, 0.25) is 5.02 Å². The van der Waals surface area contributed by atoms with E-state index in [1.807, 2.05) is 24.3 Å². The van der Waals surface area contributed by atoms with Crippen LogP contribution in [0, 0.1) is 0 Å². The van der Waals surface area contributed by atoms with Crippen LogP contribution in [-0.4, -0.2) is 47.2 Å². The number of nitrogens with zero attached hydrogens (tertiary/aromatic N) is 3. The van der Waals surface area contributed by atoms with Gasteiger partial charge in [-0.1, -0.05) is 23.7 Å². The molecule has 1 atom stereocenters. The zero-order chi connectivity index (χ0) is 18.4. The smallest absolute Gasteiger partial charge is 0.317 e. The Hall–Kier alpha value is -2.54. The Bertz CT molecular complexity index is 741. The average Bonchev–Trinajstić information content (AvgIpc) is 2.67. The maximum Gasteiger partial charge on any atom is 0.317 e. The quantitative estimate of drug-likeness (QED) is 0.868. The molecule has 1 aromatic carbocycles. The SMILES string of the molecule is COc1cncc(OC2CCCN(C(=O)NCc3ccc(Cl)cc3)C2)n1. The van der Waals surface area contributed by atoms with Crippen molar-refractivity contribution in [3.63, 3.8) is 0 Å². The molecular formula is C18H21ClN4O3. The van der Waals surface area contributed by atoms with E-state index in [9.17, 15) is 4.79 Å². The van der Waals surface area contributed by atoms with E-state index in [0.717, 1.165) is 18.4 Å².